The number of rotatable bonds is 25. The van der Waals surface area contributed by atoms with Gasteiger partial charge in [0.15, 0.2) is 11.7 Å². The Morgan fingerprint density at radius 2 is 1.69 bits per heavy atom. The van der Waals surface area contributed by atoms with Crippen molar-refractivity contribution < 1.29 is 87.3 Å². The van der Waals surface area contributed by atoms with E-state index in [0.717, 1.165) is 0 Å². The van der Waals surface area contributed by atoms with E-state index >= 15 is 4.39 Å². The number of carbonyl (C=O) groups excluding carboxylic acids is 6. The minimum Gasteiger partial charge on any atom is -0.479 e. The molecule has 8 rings (SSSR count). The van der Waals surface area contributed by atoms with E-state index in [0.29, 0.717) is 77.6 Å². The minimum atomic E-state index is -2.10. The van der Waals surface area contributed by atoms with Crippen molar-refractivity contribution in [2.75, 3.05) is 19.7 Å². The summed E-state index contributed by atoms with van der Waals surface area (Å²) in [4.78, 5) is 114. The van der Waals surface area contributed by atoms with Crippen LogP contribution in [0.4, 0.5) is 9.18 Å². The maximum Gasteiger partial charge on any atom is 0.407 e. The van der Waals surface area contributed by atoms with Crippen molar-refractivity contribution in [3.05, 3.63) is 91.0 Å². The van der Waals surface area contributed by atoms with E-state index < -0.39 is 102 Å². The first-order valence-electron chi connectivity index (χ1n) is 27.9. The number of aliphatic hydroxyl groups excluding tert-OH is 3. The van der Waals surface area contributed by atoms with Gasteiger partial charge in [-0.15, -0.1) is 0 Å². The molecule has 84 heavy (non-hydrogen) atoms. The number of cyclic esters (lactones) is 1. The molecule has 4 aliphatic rings. The molecule has 1 fully saturated rings. The van der Waals surface area contributed by atoms with Gasteiger partial charge in [0, 0.05) is 67.0 Å². The molecule has 454 valence electrons. The zero-order valence-corrected chi connectivity index (χ0v) is 46.9. The van der Waals surface area contributed by atoms with Crippen molar-refractivity contribution in [3.63, 3.8) is 0 Å². The maximum atomic E-state index is 15.6. The number of nitrogens with zero attached hydrogens (tertiary/aromatic N) is 2. The molecule has 5 heterocycles. The maximum absolute atomic E-state index is 15.6. The third kappa shape index (κ3) is 13.6. The molecular weight excluding hydrogens is 1100 g/mol. The number of halogens is 1. The molecule has 4 aromatic rings. The number of hydrogen-bond acceptors (Lipinski definition) is 19. The van der Waals surface area contributed by atoms with Crippen LogP contribution in [-0.2, 0) is 86.1 Å². The average Bonchev–Trinajstić information content (AvgIpc) is 1.79. The van der Waals surface area contributed by atoms with E-state index in [9.17, 15) is 63.9 Å². The first-order valence-corrected chi connectivity index (χ1v) is 27.9. The predicted molar refractivity (Wildman–Crippen MR) is 292 cm³/mol. The van der Waals surface area contributed by atoms with Crippen LogP contribution in [0.3, 0.4) is 0 Å². The van der Waals surface area contributed by atoms with Crippen molar-refractivity contribution in [1.29, 1.82) is 0 Å². The quantitative estimate of drug-likeness (QED) is 0.0223. The Bertz CT molecular complexity index is 3270. The van der Waals surface area contributed by atoms with Crippen molar-refractivity contribution in [2.24, 2.45) is 11.8 Å². The number of aryl methyl sites for hydroxylation is 1. The zero-order chi connectivity index (χ0) is 60.7. The zero-order valence-electron chi connectivity index (χ0n) is 46.9. The van der Waals surface area contributed by atoms with Crippen LogP contribution < -0.4 is 42.8 Å². The number of carbonyl (C=O) groups is 7. The van der Waals surface area contributed by atoms with Gasteiger partial charge in [0.2, 0.25) is 29.9 Å². The van der Waals surface area contributed by atoms with Crippen LogP contribution in [0.15, 0.2) is 35.1 Å². The highest BCUT2D eigenvalue weighted by atomic mass is 19.1. The second-order valence-electron chi connectivity index (χ2n) is 21.8. The summed E-state index contributed by atoms with van der Waals surface area (Å²) < 4.78 is 39.2. The summed E-state index contributed by atoms with van der Waals surface area (Å²) >= 11 is 0. The van der Waals surface area contributed by atoms with Crippen LogP contribution in [0.5, 0.6) is 5.75 Å². The molecule has 12 N–H and O–H groups in total. The summed E-state index contributed by atoms with van der Waals surface area (Å²) in [5.74, 6) is 0.155. The number of benzene rings is 2. The molecule has 2 aromatic carbocycles. The molecular formula is C57H71FN8O18. The van der Waals surface area contributed by atoms with E-state index in [2.05, 4.69) is 31.4 Å². The number of amides is 5. The third-order valence-electron chi connectivity index (χ3n) is 15.6. The van der Waals surface area contributed by atoms with E-state index in [-0.39, 0.29) is 110 Å². The molecule has 27 heteroatoms. The number of alkyl carbamates (subject to hydrolysis) is 1. The number of esters is 1. The molecule has 0 spiro atoms. The number of aliphatic carboxylic acids is 1. The van der Waals surface area contributed by atoms with E-state index in [4.69, 9.17) is 29.8 Å². The minimum absolute atomic E-state index is 0.00770. The third-order valence-corrected chi connectivity index (χ3v) is 15.6. The van der Waals surface area contributed by atoms with Crippen LogP contribution in [-0.4, -0.2) is 133 Å². The second-order valence-corrected chi connectivity index (χ2v) is 21.8. The normalized spacial score (nSPS) is 21.5. The number of aliphatic hydroxyl groups is 4. The molecule has 1 saturated heterocycles. The predicted octanol–water partition coefficient (Wildman–Crippen LogP) is 1.32. The first-order chi connectivity index (χ1) is 40.0. The Labute approximate surface area is 480 Å². The SMILES string of the molecule is CCC1(O)C(=O)OCc2c1cc1n(c2=O)Cc2c-1nc1cc(F)c(C)c3c1c2C(NC(=O)OCc1ccc(OC2OC(C(=O)O)C(O)C(O)C2O)c(CNC(=O)CCNC(=O)C(CNC(=O)CCC(C)C)NC(=O)CCCCCON)c1)CC3. The molecule has 0 saturated carbocycles. The van der Waals surface area contributed by atoms with Crippen LogP contribution in [0.2, 0.25) is 0 Å². The fraction of sp³-hybridized carbons (Fsp3) is 0.526. The highest BCUT2D eigenvalue weighted by Crippen LogP contribution is 2.46. The van der Waals surface area contributed by atoms with Crippen LogP contribution in [0.1, 0.15) is 129 Å². The van der Waals surface area contributed by atoms with E-state index in [1.807, 2.05) is 13.8 Å². The second kappa shape index (κ2) is 26.9. The summed E-state index contributed by atoms with van der Waals surface area (Å²) in [5.41, 5.74) is 1.13. The van der Waals surface area contributed by atoms with E-state index in [1.54, 1.807) is 13.8 Å². The van der Waals surface area contributed by atoms with Crippen LogP contribution in [0.25, 0.3) is 22.3 Å². The number of nitrogens with one attached hydrogen (secondary N) is 5. The number of fused-ring (bicyclic) bond motifs is 5. The number of pyridine rings is 2. The molecule has 8 unspecified atom stereocenters. The van der Waals surface area contributed by atoms with Gasteiger partial charge in [-0.2, -0.15) is 0 Å². The molecule has 3 aliphatic heterocycles. The van der Waals surface area contributed by atoms with Crippen molar-refractivity contribution in [3.8, 4) is 17.1 Å². The standard InChI is InChI=1S/C57H71FN8O18/c1-5-57(79)34-20-39-46-32(24-66(39)52(74)33(34)26-80-55(57)77)45-36(13-12-31-28(4)35(58)21-37(64-46)44(31)45)65-56(78)81-25-29-11-14-40(83-54-49(72)47(70)48(71)50(84-54)53(75)76)30(19-29)22-61-42(68)16-17-60-51(73)38(23-62-41(67)15-10-27(2)3)63-43(69)9-7-6-8-18-82-59/h11,14,19-21,27,36,38,47-50,54,70-72,79H,5-10,12-13,15-18,22-26,59H2,1-4H3,(H,60,73)(H,61,68)(H,62,67)(H,63,69)(H,65,78)(H,75,76). The largest absolute Gasteiger partial charge is 0.479 e. The van der Waals surface area contributed by atoms with Gasteiger partial charge in [0.05, 0.1) is 41.7 Å². The Kier molecular flexibility index (Phi) is 20.0. The number of carboxylic acid groups (broad SMARTS) is 1. The van der Waals surface area contributed by atoms with Crippen molar-refractivity contribution in [2.45, 2.75) is 167 Å². The van der Waals surface area contributed by atoms with Gasteiger partial charge in [0.1, 0.15) is 49.1 Å². The number of ether oxygens (including phenoxy) is 4. The van der Waals surface area contributed by atoms with Gasteiger partial charge in [-0.3, -0.25) is 24.0 Å². The first kappa shape index (κ1) is 62.4. The summed E-state index contributed by atoms with van der Waals surface area (Å²) in [6, 6.07) is 5.16. The van der Waals surface area contributed by atoms with Gasteiger partial charge in [-0.05, 0) is 91.8 Å². The summed E-state index contributed by atoms with van der Waals surface area (Å²) in [6.45, 7) is 5.97. The number of unbranched alkanes of at least 4 members (excludes halogenated alkanes) is 2. The van der Waals surface area contributed by atoms with Gasteiger partial charge in [-0.1, -0.05) is 33.3 Å². The topological polar surface area (TPSA) is 388 Å². The van der Waals surface area contributed by atoms with Gasteiger partial charge >= 0.3 is 18.0 Å². The Hall–Kier alpha value is -7.66. The lowest BCUT2D eigenvalue weighted by atomic mass is 9.81. The lowest BCUT2D eigenvalue weighted by Gasteiger charge is -2.38. The number of nitrogens with two attached hydrogens (primary N) is 1. The molecule has 0 radical (unpaired) electrons. The Balaban J connectivity index is 0.975. The number of aromatic nitrogens is 2. The van der Waals surface area contributed by atoms with Gasteiger partial charge in [0.25, 0.3) is 5.56 Å². The highest BCUT2D eigenvalue weighted by molar-refractivity contribution is 5.94. The molecule has 0 bridgehead atoms. The Morgan fingerprint density at radius 3 is 2.42 bits per heavy atom. The Morgan fingerprint density at radius 1 is 0.929 bits per heavy atom. The molecule has 8 atom stereocenters. The van der Waals surface area contributed by atoms with Gasteiger partial charge in [-0.25, -0.2) is 29.7 Å². The van der Waals surface area contributed by atoms with Crippen LogP contribution >= 0.6 is 0 Å². The van der Waals surface area contributed by atoms with Crippen molar-refractivity contribution >= 4 is 52.6 Å². The summed E-state index contributed by atoms with van der Waals surface area (Å²) in [6.07, 6.45) is -7.82. The van der Waals surface area contributed by atoms with Crippen molar-refractivity contribution in [1.82, 2.24) is 36.1 Å². The van der Waals surface area contributed by atoms with Gasteiger partial charge < -0.3 is 80.5 Å². The average molecular weight is 1180 g/mol. The van der Waals surface area contributed by atoms with Crippen LogP contribution in [0, 0.1) is 18.7 Å². The summed E-state index contributed by atoms with van der Waals surface area (Å²) in [7, 11) is 0. The lowest BCUT2D eigenvalue weighted by Crippen LogP contribution is -2.61. The fourth-order valence-corrected chi connectivity index (χ4v) is 10.8. The number of carboxylic acids is 1. The monoisotopic (exact) mass is 1170 g/mol. The summed E-state index contributed by atoms with van der Waals surface area (Å²) in [5, 5.41) is 66.9. The number of hydrogen-bond donors (Lipinski definition) is 11. The molecule has 26 nitrogen and oxygen atoms in total. The molecule has 2 aromatic heterocycles. The fourth-order valence-electron chi connectivity index (χ4n) is 10.8. The van der Waals surface area contributed by atoms with E-state index in [1.165, 1.54) is 34.9 Å². The smallest absolute Gasteiger partial charge is 0.407 e. The molecule has 5 amide bonds. The lowest BCUT2D eigenvalue weighted by molar-refractivity contribution is -0.271. The highest BCUT2D eigenvalue weighted by Gasteiger charge is 2.49. The molecule has 1 aliphatic carbocycles.